The summed E-state index contributed by atoms with van der Waals surface area (Å²) in [5.41, 5.74) is 1.92. The molecule has 0 aromatic carbocycles. The van der Waals surface area contributed by atoms with Crippen LogP contribution in [0.1, 0.15) is 79.1 Å². The average Bonchev–Trinajstić information content (AvgIpc) is 2.68. The minimum Gasteiger partial charge on any atom is -0.366 e. The van der Waals surface area contributed by atoms with Crippen molar-refractivity contribution in [1.82, 2.24) is 0 Å². The van der Waals surface area contributed by atoms with Crippen LogP contribution in [0.15, 0.2) is 11.1 Å². The van der Waals surface area contributed by atoms with Gasteiger partial charge in [0.15, 0.2) is 5.78 Å². The van der Waals surface area contributed by atoms with Gasteiger partial charge >= 0.3 is 0 Å². The van der Waals surface area contributed by atoms with E-state index in [4.69, 9.17) is 4.74 Å². The number of hydrogen-bond acceptors (Lipinski definition) is 2. The van der Waals surface area contributed by atoms with E-state index >= 15 is 0 Å². The molecule has 1 aliphatic heterocycles. The number of unbranched alkanes of at least 4 members (excludes halogenated alkanes) is 2. The molecule has 0 atom stereocenters. The lowest BCUT2D eigenvalue weighted by molar-refractivity contribution is -0.118. The van der Waals surface area contributed by atoms with Crippen molar-refractivity contribution in [2.24, 2.45) is 0 Å². The summed E-state index contributed by atoms with van der Waals surface area (Å²) in [6.07, 6.45) is 8.11. The summed E-state index contributed by atoms with van der Waals surface area (Å²) >= 11 is 0. The first-order chi connectivity index (χ1) is 9.11. The minimum absolute atomic E-state index is 0.267. The molecule has 0 fully saturated rings. The van der Waals surface area contributed by atoms with E-state index in [1.54, 1.807) is 0 Å². The fraction of sp³-hybridized carbons (Fsp3) is 0.824. The van der Waals surface area contributed by atoms with Crippen LogP contribution in [-0.4, -0.2) is 18.0 Å². The molecule has 0 aromatic heterocycles. The highest BCUT2D eigenvalue weighted by Crippen LogP contribution is 2.40. The molecule has 0 saturated heterocycles. The maximum absolute atomic E-state index is 12.6. The molecule has 1 aliphatic rings. The molecule has 2 nitrogen and oxygen atoms in total. The molecular weight excluding hydrogens is 236 g/mol. The second kappa shape index (κ2) is 7.84. The first-order valence-electron chi connectivity index (χ1n) is 7.98. The summed E-state index contributed by atoms with van der Waals surface area (Å²) in [5.74, 6) is 0.338. The number of carbonyl (C=O) groups excluding carboxylic acids is 1. The molecule has 0 aromatic rings. The van der Waals surface area contributed by atoms with Gasteiger partial charge in [0.05, 0.1) is 12.2 Å². The predicted octanol–water partition coefficient (Wildman–Crippen LogP) is 4.82. The third-order valence-electron chi connectivity index (χ3n) is 4.04. The van der Waals surface area contributed by atoms with Gasteiger partial charge in [-0.3, -0.25) is 4.79 Å². The predicted molar refractivity (Wildman–Crippen MR) is 80.3 cm³/mol. The molecule has 1 heterocycles. The molecule has 110 valence electrons. The van der Waals surface area contributed by atoms with E-state index in [1.165, 1.54) is 5.57 Å². The zero-order valence-electron chi connectivity index (χ0n) is 13.2. The Morgan fingerprint density at radius 3 is 2.26 bits per heavy atom. The lowest BCUT2D eigenvalue weighted by Crippen LogP contribution is -2.34. The summed E-state index contributed by atoms with van der Waals surface area (Å²) in [6, 6.07) is 0. The van der Waals surface area contributed by atoms with Crippen LogP contribution in [0, 0.1) is 0 Å². The van der Waals surface area contributed by atoms with Gasteiger partial charge in [-0.25, -0.2) is 0 Å². The number of hydrogen-bond donors (Lipinski definition) is 0. The summed E-state index contributed by atoms with van der Waals surface area (Å²) in [4.78, 5) is 12.6. The number of Topliss-reactive ketones (excluding diaryl/α,β-unsaturated/α-hetero) is 1. The second-order valence-corrected chi connectivity index (χ2v) is 5.82. The standard InChI is InChI=1S/C17H30O2/c1-5-8-9-10-15(18)16-14(4)13-19-17(16,11-6-2)12-7-3/h5-13H2,1-4H3. The summed E-state index contributed by atoms with van der Waals surface area (Å²) in [7, 11) is 0. The van der Waals surface area contributed by atoms with Crippen molar-refractivity contribution in [3.63, 3.8) is 0 Å². The molecule has 0 aliphatic carbocycles. The Kier molecular flexibility index (Phi) is 6.78. The fourth-order valence-corrected chi connectivity index (χ4v) is 3.26. The molecule has 0 amide bonds. The van der Waals surface area contributed by atoms with E-state index in [1.807, 2.05) is 0 Å². The molecule has 2 heteroatoms. The van der Waals surface area contributed by atoms with Gasteiger partial charge in [0, 0.05) is 12.0 Å². The molecule has 19 heavy (non-hydrogen) atoms. The first-order valence-corrected chi connectivity index (χ1v) is 7.98. The van der Waals surface area contributed by atoms with E-state index in [-0.39, 0.29) is 5.60 Å². The van der Waals surface area contributed by atoms with Gasteiger partial charge in [-0.2, -0.15) is 0 Å². The van der Waals surface area contributed by atoms with Crippen molar-refractivity contribution in [3.05, 3.63) is 11.1 Å². The van der Waals surface area contributed by atoms with Gasteiger partial charge in [-0.05, 0) is 31.8 Å². The fourth-order valence-electron chi connectivity index (χ4n) is 3.26. The highest BCUT2D eigenvalue weighted by Gasteiger charge is 2.42. The lowest BCUT2D eigenvalue weighted by Gasteiger charge is -2.31. The Morgan fingerprint density at radius 1 is 1.11 bits per heavy atom. The quantitative estimate of drug-likeness (QED) is 0.559. The van der Waals surface area contributed by atoms with E-state index in [2.05, 4.69) is 27.7 Å². The Labute approximate surface area is 118 Å². The monoisotopic (exact) mass is 266 g/mol. The van der Waals surface area contributed by atoms with Gasteiger partial charge in [-0.15, -0.1) is 0 Å². The zero-order valence-corrected chi connectivity index (χ0v) is 13.2. The molecule has 1 rings (SSSR count). The maximum atomic E-state index is 12.6. The van der Waals surface area contributed by atoms with Crippen LogP contribution >= 0.6 is 0 Å². The van der Waals surface area contributed by atoms with Gasteiger partial charge < -0.3 is 4.74 Å². The normalized spacial score (nSPS) is 18.1. The average molecular weight is 266 g/mol. The van der Waals surface area contributed by atoms with Gasteiger partial charge in [0.2, 0.25) is 0 Å². The van der Waals surface area contributed by atoms with E-state index in [0.717, 1.165) is 50.5 Å². The van der Waals surface area contributed by atoms with Crippen molar-refractivity contribution in [1.29, 1.82) is 0 Å². The third kappa shape index (κ3) is 3.92. The first kappa shape index (κ1) is 16.4. The largest absolute Gasteiger partial charge is 0.366 e. The maximum Gasteiger partial charge on any atom is 0.161 e. The second-order valence-electron chi connectivity index (χ2n) is 5.82. The Hall–Kier alpha value is -0.630. The number of rotatable bonds is 9. The van der Waals surface area contributed by atoms with Crippen molar-refractivity contribution in [3.8, 4) is 0 Å². The van der Waals surface area contributed by atoms with E-state index < -0.39 is 0 Å². The Bertz CT molecular complexity index is 322. The van der Waals surface area contributed by atoms with Crippen molar-refractivity contribution >= 4 is 5.78 Å². The van der Waals surface area contributed by atoms with Crippen LogP contribution in [0.4, 0.5) is 0 Å². The SMILES string of the molecule is CCCCCC(=O)C1=C(C)COC1(CCC)CCC. The third-order valence-corrected chi connectivity index (χ3v) is 4.04. The van der Waals surface area contributed by atoms with Crippen molar-refractivity contribution < 1.29 is 9.53 Å². The van der Waals surface area contributed by atoms with Crippen LogP contribution < -0.4 is 0 Å². The van der Waals surface area contributed by atoms with E-state index in [9.17, 15) is 4.79 Å². The molecule has 0 radical (unpaired) electrons. The Morgan fingerprint density at radius 2 is 1.74 bits per heavy atom. The van der Waals surface area contributed by atoms with Crippen molar-refractivity contribution in [2.75, 3.05) is 6.61 Å². The number of ether oxygens (including phenoxy) is 1. The molecule has 0 spiro atoms. The van der Waals surface area contributed by atoms with Crippen LogP contribution in [0.5, 0.6) is 0 Å². The van der Waals surface area contributed by atoms with Crippen LogP contribution in [0.3, 0.4) is 0 Å². The van der Waals surface area contributed by atoms with Crippen LogP contribution in [-0.2, 0) is 9.53 Å². The topological polar surface area (TPSA) is 26.3 Å². The highest BCUT2D eigenvalue weighted by molar-refractivity contribution is 5.98. The van der Waals surface area contributed by atoms with Gasteiger partial charge in [0.1, 0.15) is 0 Å². The van der Waals surface area contributed by atoms with Crippen LogP contribution in [0.25, 0.3) is 0 Å². The van der Waals surface area contributed by atoms with Gasteiger partial charge in [0.25, 0.3) is 0 Å². The molecule has 0 saturated carbocycles. The minimum atomic E-state index is -0.267. The highest BCUT2D eigenvalue weighted by atomic mass is 16.5. The Balaban J connectivity index is 2.85. The molecule has 0 unspecified atom stereocenters. The molecular formula is C17H30O2. The summed E-state index contributed by atoms with van der Waals surface area (Å²) in [6.45, 7) is 9.24. The zero-order chi connectivity index (χ0) is 14.3. The molecule has 0 N–H and O–H groups in total. The summed E-state index contributed by atoms with van der Waals surface area (Å²) < 4.78 is 6.08. The lowest BCUT2D eigenvalue weighted by atomic mass is 9.81. The molecule has 0 bridgehead atoms. The summed E-state index contributed by atoms with van der Waals surface area (Å²) in [5, 5.41) is 0. The van der Waals surface area contributed by atoms with E-state index in [0.29, 0.717) is 18.8 Å². The van der Waals surface area contributed by atoms with Crippen LogP contribution in [0.2, 0.25) is 0 Å². The van der Waals surface area contributed by atoms with Crippen molar-refractivity contribution in [2.45, 2.75) is 84.7 Å². The smallest absolute Gasteiger partial charge is 0.161 e. The van der Waals surface area contributed by atoms with Gasteiger partial charge in [-0.1, -0.05) is 46.5 Å². The number of ketones is 1. The number of carbonyl (C=O) groups is 1.